The second-order valence-corrected chi connectivity index (χ2v) is 6.53. The van der Waals surface area contributed by atoms with Gasteiger partial charge in [0, 0.05) is 45.7 Å². The van der Waals surface area contributed by atoms with Crippen molar-refractivity contribution in [3.8, 4) is 0 Å². The van der Waals surface area contributed by atoms with Gasteiger partial charge in [0.1, 0.15) is 0 Å². The minimum Gasteiger partial charge on any atom is -0.383 e. The highest BCUT2D eigenvalue weighted by atomic mass is 16.5. The molecule has 1 aromatic heterocycles. The number of hydroxylamine groups is 1. The number of nitrogens with zero attached hydrogens (tertiary/aromatic N) is 4. The first-order valence-electron chi connectivity index (χ1n) is 9.19. The number of carbonyl (C=O) groups excluding carboxylic acids is 1. The molecule has 1 saturated heterocycles. The summed E-state index contributed by atoms with van der Waals surface area (Å²) in [5.41, 5.74) is 2.96. The lowest BCUT2D eigenvalue weighted by atomic mass is 10.1. The molecule has 0 spiro atoms. The molecule has 1 atom stereocenters. The summed E-state index contributed by atoms with van der Waals surface area (Å²) in [6.45, 7) is 3.91. The molecule has 8 nitrogen and oxygen atoms in total. The molecular formula is C20H25N5O3. The van der Waals surface area contributed by atoms with E-state index in [0.717, 1.165) is 26.2 Å². The molecule has 1 amide bonds. The first-order chi connectivity index (χ1) is 13.7. The Morgan fingerprint density at radius 2 is 1.89 bits per heavy atom. The van der Waals surface area contributed by atoms with Crippen LogP contribution in [0.3, 0.4) is 0 Å². The summed E-state index contributed by atoms with van der Waals surface area (Å²) in [7, 11) is 1.72. The summed E-state index contributed by atoms with van der Waals surface area (Å²) in [6.07, 6.45) is 7.14. The predicted molar refractivity (Wildman–Crippen MR) is 106 cm³/mol. The molecule has 28 heavy (non-hydrogen) atoms. The predicted octanol–water partition coefficient (Wildman–Crippen LogP) is 1.45. The normalized spacial score (nSPS) is 16.3. The zero-order valence-corrected chi connectivity index (χ0v) is 15.9. The number of benzene rings is 1. The van der Waals surface area contributed by atoms with Crippen LogP contribution in [0.2, 0.25) is 0 Å². The second kappa shape index (κ2) is 9.93. The van der Waals surface area contributed by atoms with E-state index in [4.69, 9.17) is 9.94 Å². The van der Waals surface area contributed by atoms with Crippen LogP contribution < -0.4 is 10.4 Å². The van der Waals surface area contributed by atoms with Gasteiger partial charge in [0.15, 0.2) is 0 Å². The molecule has 1 unspecified atom stereocenters. The fraction of sp³-hybridized carbons (Fsp3) is 0.350. The maximum atomic E-state index is 11.4. The third-order valence-electron chi connectivity index (χ3n) is 4.72. The zero-order chi connectivity index (χ0) is 19.8. The van der Waals surface area contributed by atoms with E-state index in [1.54, 1.807) is 12.6 Å². The first kappa shape index (κ1) is 19.9. The first-order valence-corrected chi connectivity index (χ1v) is 9.19. The molecule has 148 valence electrons. The summed E-state index contributed by atoms with van der Waals surface area (Å²) >= 11 is 0. The number of amides is 1. The highest BCUT2D eigenvalue weighted by Gasteiger charge is 2.23. The van der Waals surface area contributed by atoms with Crippen molar-refractivity contribution in [3.05, 3.63) is 59.9 Å². The van der Waals surface area contributed by atoms with Crippen LogP contribution in [0.4, 0.5) is 5.95 Å². The largest absolute Gasteiger partial charge is 0.383 e. The van der Waals surface area contributed by atoms with Gasteiger partial charge in [-0.15, -0.1) is 0 Å². The zero-order valence-electron chi connectivity index (χ0n) is 15.9. The van der Waals surface area contributed by atoms with Crippen molar-refractivity contribution in [1.82, 2.24) is 20.3 Å². The molecule has 1 fully saturated rings. The molecule has 1 aliphatic rings. The van der Waals surface area contributed by atoms with Gasteiger partial charge in [-0.25, -0.2) is 15.4 Å². The molecule has 1 aliphatic heterocycles. The van der Waals surface area contributed by atoms with Crippen molar-refractivity contribution in [1.29, 1.82) is 0 Å². The van der Waals surface area contributed by atoms with E-state index < -0.39 is 5.91 Å². The molecule has 0 saturated carbocycles. The minimum absolute atomic E-state index is 0.198. The summed E-state index contributed by atoms with van der Waals surface area (Å²) in [6, 6.07) is 10.4. The number of aromatic nitrogens is 2. The van der Waals surface area contributed by atoms with Crippen LogP contribution in [-0.4, -0.2) is 71.9 Å². The Bertz CT molecular complexity index is 774. The van der Waals surface area contributed by atoms with Crippen LogP contribution in [-0.2, 0) is 4.74 Å². The SMILES string of the molecule is COCC(/C=C/c1ccccc1)N1CCN(c2ncc(C(=O)NO)cn2)CC1. The Morgan fingerprint density at radius 1 is 1.21 bits per heavy atom. The molecule has 2 heterocycles. The summed E-state index contributed by atoms with van der Waals surface area (Å²) in [5, 5.41) is 8.66. The Kier molecular flexibility index (Phi) is 7.07. The number of hydrogen-bond acceptors (Lipinski definition) is 7. The van der Waals surface area contributed by atoms with E-state index in [0.29, 0.717) is 12.6 Å². The van der Waals surface area contributed by atoms with Crippen LogP contribution in [0.1, 0.15) is 15.9 Å². The Labute approximate surface area is 164 Å². The smallest absolute Gasteiger partial charge is 0.277 e. The molecule has 2 aromatic rings. The van der Waals surface area contributed by atoms with Gasteiger partial charge in [-0.1, -0.05) is 42.5 Å². The molecule has 8 heteroatoms. The van der Waals surface area contributed by atoms with Gasteiger partial charge >= 0.3 is 0 Å². The monoisotopic (exact) mass is 383 g/mol. The van der Waals surface area contributed by atoms with E-state index in [1.807, 2.05) is 18.2 Å². The Hall–Kier alpha value is -2.81. The number of hydrogen-bond donors (Lipinski definition) is 2. The average molecular weight is 383 g/mol. The third-order valence-corrected chi connectivity index (χ3v) is 4.72. The minimum atomic E-state index is -0.621. The van der Waals surface area contributed by atoms with Gasteiger partial charge in [0.2, 0.25) is 5.95 Å². The molecule has 0 radical (unpaired) electrons. The molecule has 0 aliphatic carbocycles. The molecule has 0 bridgehead atoms. The number of ether oxygens (including phenoxy) is 1. The number of nitrogens with one attached hydrogen (secondary N) is 1. The number of rotatable bonds is 7. The van der Waals surface area contributed by atoms with Crippen LogP contribution in [0.15, 0.2) is 48.8 Å². The summed E-state index contributed by atoms with van der Waals surface area (Å²) in [5.74, 6) is -0.0405. The van der Waals surface area contributed by atoms with E-state index in [-0.39, 0.29) is 11.6 Å². The third kappa shape index (κ3) is 5.13. The fourth-order valence-corrected chi connectivity index (χ4v) is 3.16. The maximum Gasteiger partial charge on any atom is 0.277 e. The summed E-state index contributed by atoms with van der Waals surface area (Å²) in [4.78, 5) is 24.3. The van der Waals surface area contributed by atoms with Crippen molar-refractivity contribution in [2.24, 2.45) is 0 Å². The highest BCUT2D eigenvalue weighted by Crippen LogP contribution is 2.14. The number of piperazine rings is 1. The van der Waals surface area contributed by atoms with Crippen molar-refractivity contribution in [3.63, 3.8) is 0 Å². The van der Waals surface area contributed by atoms with Gasteiger partial charge < -0.3 is 9.64 Å². The highest BCUT2D eigenvalue weighted by molar-refractivity contribution is 5.92. The lowest BCUT2D eigenvalue weighted by Crippen LogP contribution is -2.51. The van der Waals surface area contributed by atoms with Gasteiger partial charge in [-0.05, 0) is 5.56 Å². The van der Waals surface area contributed by atoms with Gasteiger partial charge in [-0.2, -0.15) is 0 Å². The van der Waals surface area contributed by atoms with E-state index in [1.165, 1.54) is 18.0 Å². The van der Waals surface area contributed by atoms with E-state index in [9.17, 15) is 4.79 Å². The van der Waals surface area contributed by atoms with E-state index in [2.05, 4.69) is 44.1 Å². The summed E-state index contributed by atoms with van der Waals surface area (Å²) < 4.78 is 5.41. The average Bonchev–Trinajstić information content (AvgIpc) is 2.77. The van der Waals surface area contributed by atoms with Gasteiger partial charge in [0.25, 0.3) is 5.91 Å². The molecule has 1 aromatic carbocycles. The van der Waals surface area contributed by atoms with Gasteiger partial charge in [-0.3, -0.25) is 14.9 Å². The van der Waals surface area contributed by atoms with Crippen LogP contribution in [0.25, 0.3) is 6.08 Å². The number of anilines is 1. The topological polar surface area (TPSA) is 90.8 Å². The van der Waals surface area contributed by atoms with Crippen molar-refractivity contribution in [2.75, 3.05) is 44.8 Å². The van der Waals surface area contributed by atoms with Gasteiger partial charge in [0.05, 0.1) is 18.2 Å². The maximum absolute atomic E-state index is 11.4. The number of carbonyl (C=O) groups is 1. The van der Waals surface area contributed by atoms with Crippen molar-refractivity contribution in [2.45, 2.75) is 6.04 Å². The molecular weight excluding hydrogens is 358 g/mol. The second-order valence-electron chi connectivity index (χ2n) is 6.53. The van der Waals surface area contributed by atoms with Crippen molar-refractivity contribution >= 4 is 17.9 Å². The fourth-order valence-electron chi connectivity index (χ4n) is 3.16. The van der Waals surface area contributed by atoms with Crippen LogP contribution in [0, 0.1) is 0 Å². The van der Waals surface area contributed by atoms with Crippen LogP contribution >= 0.6 is 0 Å². The Morgan fingerprint density at radius 3 is 2.50 bits per heavy atom. The quantitative estimate of drug-likeness (QED) is 0.552. The van der Waals surface area contributed by atoms with Crippen molar-refractivity contribution < 1.29 is 14.7 Å². The van der Waals surface area contributed by atoms with E-state index >= 15 is 0 Å². The lowest BCUT2D eigenvalue weighted by Gasteiger charge is -2.38. The standard InChI is InChI=1S/C20H25N5O3/c1-28-15-18(8-7-16-5-3-2-4-6-16)24-9-11-25(12-10-24)20-21-13-17(14-22-20)19(26)23-27/h2-8,13-14,18,27H,9-12,15H2,1H3,(H,23,26)/b8-7+. The Balaban J connectivity index is 1.59. The molecule has 2 N–H and O–H groups in total. The number of methoxy groups -OCH3 is 1. The van der Waals surface area contributed by atoms with Crippen LogP contribution in [0.5, 0.6) is 0 Å². The molecule has 3 rings (SSSR count). The lowest BCUT2D eigenvalue weighted by molar-refractivity contribution is 0.0705.